The monoisotopic (exact) mass is 728 g/mol. The van der Waals surface area contributed by atoms with Crippen molar-refractivity contribution >= 4 is 27.9 Å². The highest BCUT2D eigenvalue weighted by atomic mass is 16.6. The minimum Gasteiger partial charge on any atom is -0.491 e. The molecule has 0 fully saturated rings. The number of carbonyl (C=O) groups excluding carboxylic acids is 1. The van der Waals surface area contributed by atoms with Gasteiger partial charge in [0.25, 0.3) is 0 Å². The van der Waals surface area contributed by atoms with E-state index in [1.165, 1.54) is 28.3 Å². The summed E-state index contributed by atoms with van der Waals surface area (Å²) in [5.41, 5.74) is 7.13. The number of fused-ring (bicyclic) bond motifs is 2. The van der Waals surface area contributed by atoms with Gasteiger partial charge in [-0.3, -0.25) is 0 Å². The Hall–Kier alpha value is -5.27. The van der Waals surface area contributed by atoms with Gasteiger partial charge in [-0.2, -0.15) is 0 Å². The van der Waals surface area contributed by atoms with E-state index in [0.29, 0.717) is 17.9 Å². The topological polar surface area (TPSA) is 80.3 Å². The fraction of sp³-hybridized carbons (Fsp3) is 0.340. The Kier molecular flexibility index (Phi) is 11.4. The summed E-state index contributed by atoms with van der Waals surface area (Å²) in [4.78, 5) is 12.1. The highest BCUT2D eigenvalue weighted by Gasteiger charge is 2.34. The van der Waals surface area contributed by atoms with Crippen molar-refractivity contribution in [1.29, 1.82) is 0 Å². The van der Waals surface area contributed by atoms with Crippen LogP contribution in [0.25, 0.3) is 44.6 Å². The molecule has 0 aliphatic rings. The maximum Gasteiger partial charge on any atom is 0.330 e. The summed E-state index contributed by atoms with van der Waals surface area (Å²) in [6, 6.07) is 28.8. The van der Waals surface area contributed by atoms with Crippen LogP contribution in [-0.4, -0.2) is 36.5 Å². The summed E-state index contributed by atoms with van der Waals surface area (Å²) in [6.07, 6.45) is 2.94. The highest BCUT2D eigenvalue weighted by Crippen LogP contribution is 2.35. The number of aryl methyl sites for hydroxylation is 4. The quantitative estimate of drug-likeness (QED) is 0.0725. The van der Waals surface area contributed by atoms with Crippen LogP contribution in [0.1, 0.15) is 70.2 Å². The molecule has 7 nitrogen and oxygen atoms in total. The summed E-state index contributed by atoms with van der Waals surface area (Å²) in [6.45, 7) is 20.1. The van der Waals surface area contributed by atoms with Gasteiger partial charge in [0.05, 0.1) is 5.60 Å². The van der Waals surface area contributed by atoms with E-state index in [1.54, 1.807) is 0 Å². The van der Waals surface area contributed by atoms with Crippen LogP contribution in [0.5, 0.6) is 11.5 Å². The Labute approximate surface area is 318 Å². The number of benzene rings is 4. The van der Waals surface area contributed by atoms with Gasteiger partial charge in [0.1, 0.15) is 59.1 Å². The number of rotatable bonds is 16. The van der Waals surface area contributed by atoms with Crippen molar-refractivity contribution in [2.45, 2.75) is 92.0 Å². The van der Waals surface area contributed by atoms with Crippen molar-refractivity contribution in [2.75, 3.05) is 13.2 Å². The Morgan fingerprint density at radius 1 is 0.685 bits per heavy atom. The minimum atomic E-state index is -0.796. The third kappa shape index (κ3) is 9.26. The molecule has 0 radical (unpaired) electrons. The summed E-state index contributed by atoms with van der Waals surface area (Å²) in [5, 5.41) is 2.00. The van der Waals surface area contributed by atoms with E-state index in [4.69, 9.17) is 27.8 Å². The SMILES string of the molecule is C=CC(=O)OC(C)(C)CC(C)(C)OC(COc1ccc2cc(-c3ccc(C)cc3CC)oc2c1)COc1ccc2cc(-c3ccc(C)cc3CC)oc2c1. The lowest BCUT2D eigenvalue weighted by Gasteiger charge is -2.36. The minimum absolute atomic E-state index is 0.202. The molecule has 0 N–H and O–H groups in total. The zero-order chi connectivity index (χ0) is 38.6. The summed E-state index contributed by atoms with van der Waals surface area (Å²) < 4.78 is 37.8. The highest BCUT2D eigenvalue weighted by molar-refractivity contribution is 5.85. The van der Waals surface area contributed by atoms with Crippen molar-refractivity contribution in [3.05, 3.63) is 120 Å². The summed E-state index contributed by atoms with van der Waals surface area (Å²) >= 11 is 0. The molecule has 0 bridgehead atoms. The average Bonchev–Trinajstić information content (AvgIpc) is 3.75. The maximum atomic E-state index is 12.1. The van der Waals surface area contributed by atoms with Crippen LogP contribution in [0.15, 0.2) is 106 Å². The van der Waals surface area contributed by atoms with Gasteiger partial charge >= 0.3 is 5.97 Å². The van der Waals surface area contributed by atoms with Gasteiger partial charge in [-0.05, 0) is 102 Å². The molecular weight excluding hydrogens is 677 g/mol. The molecule has 7 heteroatoms. The summed E-state index contributed by atoms with van der Waals surface area (Å²) in [7, 11) is 0. The summed E-state index contributed by atoms with van der Waals surface area (Å²) in [5.74, 6) is 2.50. The molecule has 4 aromatic carbocycles. The van der Waals surface area contributed by atoms with Gasteiger partial charge in [0, 0.05) is 46.5 Å². The molecule has 282 valence electrons. The largest absolute Gasteiger partial charge is 0.491 e. The third-order valence-corrected chi connectivity index (χ3v) is 9.55. The maximum absolute atomic E-state index is 12.1. The third-order valence-electron chi connectivity index (χ3n) is 9.55. The Morgan fingerprint density at radius 3 is 1.61 bits per heavy atom. The van der Waals surface area contributed by atoms with E-state index >= 15 is 0 Å². The van der Waals surface area contributed by atoms with Crippen LogP contribution in [0.3, 0.4) is 0 Å². The van der Waals surface area contributed by atoms with E-state index in [-0.39, 0.29) is 13.2 Å². The molecular formula is C47H52O7. The molecule has 6 rings (SSSR count). The van der Waals surface area contributed by atoms with Crippen molar-refractivity contribution in [3.8, 4) is 34.1 Å². The van der Waals surface area contributed by atoms with E-state index < -0.39 is 23.3 Å². The first kappa shape index (κ1) is 38.5. The van der Waals surface area contributed by atoms with Gasteiger partial charge in [0.15, 0.2) is 0 Å². The normalized spacial score (nSPS) is 12.1. The van der Waals surface area contributed by atoms with Crippen LogP contribution in [0, 0.1) is 13.8 Å². The Morgan fingerprint density at radius 2 is 1.17 bits per heavy atom. The van der Waals surface area contributed by atoms with Crippen LogP contribution in [-0.2, 0) is 27.1 Å². The molecule has 0 atom stereocenters. The Bertz CT molecular complexity index is 2130. The standard InChI is InChI=1S/C47H52O7/c1-10-32-21-30(4)13-19-39(32)43-23-34-15-17-36(25-41(34)51-43)49-27-38(53-46(6,7)29-47(8,9)54-45(48)12-3)28-50-37-18-16-35-24-44(52-42(35)26-37)40-20-14-31(5)22-33(40)11-2/h12-26,38H,3,10-11,27-29H2,1-2,4-9H3. The van der Waals surface area contributed by atoms with E-state index in [1.807, 2.05) is 64.1 Å². The lowest BCUT2D eigenvalue weighted by atomic mass is 9.92. The van der Waals surface area contributed by atoms with E-state index in [0.717, 1.165) is 57.4 Å². The molecule has 0 aliphatic heterocycles. The van der Waals surface area contributed by atoms with Crippen molar-refractivity contribution in [3.63, 3.8) is 0 Å². The smallest absolute Gasteiger partial charge is 0.330 e. The van der Waals surface area contributed by atoms with Crippen molar-refractivity contribution in [2.24, 2.45) is 0 Å². The van der Waals surface area contributed by atoms with Gasteiger partial charge in [-0.15, -0.1) is 0 Å². The molecule has 2 heterocycles. The first-order chi connectivity index (χ1) is 25.7. The van der Waals surface area contributed by atoms with E-state index in [2.05, 4.69) is 82.8 Å². The number of hydrogen-bond donors (Lipinski definition) is 0. The van der Waals surface area contributed by atoms with Gasteiger partial charge in [-0.25, -0.2) is 4.79 Å². The lowest BCUT2D eigenvalue weighted by molar-refractivity contribution is -0.163. The number of esters is 1. The van der Waals surface area contributed by atoms with Crippen LogP contribution < -0.4 is 9.47 Å². The molecule has 6 aromatic rings. The zero-order valence-electron chi connectivity index (χ0n) is 32.8. The van der Waals surface area contributed by atoms with Crippen molar-refractivity contribution in [1.82, 2.24) is 0 Å². The second-order valence-electron chi connectivity index (χ2n) is 15.3. The Balaban J connectivity index is 1.21. The molecule has 0 saturated heterocycles. The number of hydrogen-bond acceptors (Lipinski definition) is 7. The fourth-order valence-corrected chi connectivity index (χ4v) is 7.34. The van der Waals surface area contributed by atoms with Gasteiger partial charge < -0.3 is 27.8 Å². The first-order valence-corrected chi connectivity index (χ1v) is 18.8. The van der Waals surface area contributed by atoms with E-state index in [9.17, 15) is 4.79 Å². The number of ether oxygens (including phenoxy) is 4. The number of furan rings is 2. The average molecular weight is 729 g/mol. The number of carbonyl (C=O) groups is 1. The van der Waals surface area contributed by atoms with Crippen LogP contribution in [0.2, 0.25) is 0 Å². The molecule has 0 spiro atoms. The fourth-order valence-electron chi connectivity index (χ4n) is 7.34. The van der Waals surface area contributed by atoms with Crippen LogP contribution >= 0.6 is 0 Å². The van der Waals surface area contributed by atoms with Gasteiger partial charge in [0.2, 0.25) is 0 Å². The second kappa shape index (κ2) is 16.0. The molecule has 54 heavy (non-hydrogen) atoms. The molecule has 0 amide bonds. The first-order valence-electron chi connectivity index (χ1n) is 18.8. The van der Waals surface area contributed by atoms with Crippen molar-refractivity contribution < 1.29 is 32.6 Å². The molecule has 0 unspecified atom stereocenters. The molecule has 0 saturated carbocycles. The molecule has 2 aromatic heterocycles. The predicted octanol–water partition coefficient (Wildman–Crippen LogP) is 11.8. The lowest BCUT2D eigenvalue weighted by Crippen LogP contribution is -2.43. The zero-order valence-corrected chi connectivity index (χ0v) is 32.8. The van der Waals surface area contributed by atoms with Crippen LogP contribution in [0.4, 0.5) is 0 Å². The van der Waals surface area contributed by atoms with Gasteiger partial charge in [-0.1, -0.05) is 68.0 Å². The molecule has 0 aliphatic carbocycles. The second-order valence-corrected chi connectivity index (χ2v) is 15.3. The predicted molar refractivity (Wildman–Crippen MR) is 216 cm³/mol.